The third-order valence-electron chi connectivity index (χ3n) is 4.56. The number of methoxy groups -OCH3 is 1. The Morgan fingerprint density at radius 2 is 1.90 bits per heavy atom. The summed E-state index contributed by atoms with van der Waals surface area (Å²) < 4.78 is 6.62. The summed E-state index contributed by atoms with van der Waals surface area (Å²) in [6, 6.07) is 19.2. The number of hydrogen-bond acceptors (Lipinski definition) is 5. The molecule has 4 aromatic rings. The van der Waals surface area contributed by atoms with Gasteiger partial charge in [0.25, 0.3) is 5.56 Å². The van der Waals surface area contributed by atoms with Crippen LogP contribution in [0.1, 0.15) is 5.56 Å². The maximum absolute atomic E-state index is 12.8. The lowest BCUT2D eigenvalue weighted by atomic mass is 10.2. The summed E-state index contributed by atoms with van der Waals surface area (Å²) in [6.45, 7) is 0.233. The zero-order valence-corrected chi connectivity index (χ0v) is 16.6. The van der Waals surface area contributed by atoms with Crippen LogP contribution in [0.3, 0.4) is 0 Å². The summed E-state index contributed by atoms with van der Waals surface area (Å²) in [5.74, 6) is 0.442. The van der Waals surface area contributed by atoms with E-state index in [4.69, 9.17) is 4.74 Å². The quantitative estimate of drug-likeness (QED) is 0.533. The minimum absolute atomic E-state index is 0.0898. The fourth-order valence-corrected chi connectivity index (χ4v) is 4.07. The predicted octanol–water partition coefficient (Wildman–Crippen LogP) is 3.45. The first-order valence-electron chi connectivity index (χ1n) is 9.08. The lowest BCUT2D eigenvalue weighted by molar-refractivity contribution is -0.121. The van der Waals surface area contributed by atoms with Crippen molar-refractivity contribution < 1.29 is 9.53 Å². The van der Waals surface area contributed by atoms with E-state index >= 15 is 0 Å². The molecule has 1 amide bonds. The molecule has 1 N–H and O–H groups in total. The Morgan fingerprint density at radius 1 is 1.14 bits per heavy atom. The molecular formula is C22H19N3O3S. The summed E-state index contributed by atoms with van der Waals surface area (Å²) in [5.41, 5.74) is 1.69. The van der Waals surface area contributed by atoms with Gasteiger partial charge in [0.05, 0.1) is 18.8 Å². The van der Waals surface area contributed by atoms with E-state index in [9.17, 15) is 9.59 Å². The van der Waals surface area contributed by atoms with E-state index in [2.05, 4.69) is 10.3 Å². The highest BCUT2D eigenvalue weighted by atomic mass is 32.1. The van der Waals surface area contributed by atoms with E-state index in [0.717, 1.165) is 16.0 Å². The maximum Gasteiger partial charge on any atom is 0.262 e. The van der Waals surface area contributed by atoms with Gasteiger partial charge in [-0.25, -0.2) is 4.98 Å². The lowest BCUT2D eigenvalue weighted by Gasteiger charge is -2.10. The summed E-state index contributed by atoms with van der Waals surface area (Å²) in [7, 11) is 1.59. The van der Waals surface area contributed by atoms with Crippen molar-refractivity contribution in [3.63, 3.8) is 0 Å². The minimum atomic E-state index is -0.266. The number of aromatic nitrogens is 2. The fraction of sp³-hybridized carbons (Fsp3) is 0.136. The normalized spacial score (nSPS) is 10.8. The third-order valence-corrected chi connectivity index (χ3v) is 5.65. The summed E-state index contributed by atoms with van der Waals surface area (Å²) in [5, 5.41) is 3.35. The van der Waals surface area contributed by atoms with Crippen molar-refractivity contribution in [1.82, 2.24) is 14.9 Å². The third kappa shape index (κ3) is 4.05. The number of amides is 1. The van der Waals surface area contributed by atoms with Crippen LogP contribution < -0.4 is 15.6 Å². The smallest absolute Gasteiger partial charge is 0.262 e. The zero-order valence-electron chi connectivity index (χ0n) is 15.8. The highest BCUT2D eigenvalue weighted by Crippen LogP contribution is 2.30. The van der Waals surface area contributed by atoms with Crippen molar-refractivity contribution in [1.29, 1.82) is 0 Å². The lowest BCUT2D eigenvalue weighted by Crippen LogP contribution is -2.32. The number of fused-ring (bicyclic) bond motifs is 1. The van der Waals surface area contributed by atoms with E-state index < -0.39 is 0 Å². The second kappa shape index (κ2) is 8.28. The topological polar surface area (TPSA) is 73.2 Å². The molecule has 146 valence electrons. The van der Waals surface area contributed by atoms with Gasteiger partial charge in [-0.3, -0.25) is 14.2 Å². The highest BCUT2D eigenvalue weighted by Gasteiger charge is 2.12. The highest BCUT2D eigenvalue weighted by molar-refractivity contribution is 7.21. The Morgan fingerprint density at radius 3 is 2.69 bits per heavy atom. The van der Waals surface area contributed by atoms with Crippen molar-refractivity contribution in [2.45, 2.75) is 13.1 Å². The molecule has 29 heavy (non-hydrogen) atoms. The van der Waals surface area contributed by atoms with Gasteiger partial charge in [-0.05, 0) is 17.7 Å². The molecule has 6 nitrogen and oxygen atoms in total. The Balaban J connectivity index is 1.51. The molecule has 0 unspecified atom stereocenters. The molecule has 7 heteroatoms. The second-order valence-electron chi connectivity index (χ2n) is 6.46. The number of thiophene rings is 1. The minimum Gasteiger partial charge on any atom is -0.496 e. The number of carbonyl (C=O) groups excluding carboxylic acids is 1. The molecule has 2 heterocycles. The average Bonchev–Trinajstić information content (AvgIpc) is 3.20. The Hall–Kier alpha value is -3.45. The molecule has 0 aliphatic heterocycles. The van der Waals surface area contributed by atoms with Crippen molar-refractivity contribution in [3.8, 4) is 16.2 Å². The van der Waals surface area contributed by atoms with Gasteiger partial charge in [-0.15, -0.1) is 11.3 Å². The van der Waals surface area contributed by atoms with Crippen LogP contribution in [0.2, 0.25) is 0 Å². The fourth-order valence-electron chi connectivity index (χ4n) is 3.07. The first-order chi connectivity index (χ1) is 14.2. The van der Waals surface area contributed by atoms with Gasteiger partial charge in [-0.2, -0.15) is 0 Å². The number of rotatable bonds is 6. The van der Waals surface area contributed by atoms with Crippen LogP contribution in [0.5, 0.6) is 5.75 Å². The molecule has 0 saturated carbocycles. The van der Waals surface area contributed by atoms with Gasteiger partial charge >= 0.3 is 0 Å². The van der Waals surface area contributed by atoms with Crippen molar-refractivity contribution in [2.75, 3.05) is 7.11 Å². The molecular weight excluding hydrogens is 386 g/mol. The van der Waals surface area contributed by atoms with Crippen LogP contribution in [-0.4, -0.2) is 22.6 Å². The molecule has 0 aliphatic rings. The Bertz CT molecular complexity index is 1210. The largest absolute Gasteiger partial charge is 0.496 e. The first-order valence-corrected chi connectivity index (χ1v) is 9.90. The number of nitrogens with one attached hydrogen (secondary N) is 1. The number of nitrogens with zero attached hydrogens (tertiary/aromatic N) is 2. The molecule has 0 aliphatic carbocycles. The predicted molar refractivity (Wildman–Crippen MR) is 114 cm³/mol. The molecule has 0 fully saturated rings. The number of ether oxygens (including phenoxy) is 1. The van der Waals surface area contributed by atoms with Crippen LogP contribution in [0.4, 0.5) is 0 Å². The van der Waals surface area contributed by atoms with Crippen molar-refractivity contribution >= 4 is 27.5 Å². The van der Waals surface area contributed by atoms with E-state index in [1.807, 2.05) is 60.7 Å². The van der Waals surface area contributed by atoms with Gasteiger partial charge < -0.3 is 10.1 Å². The van der Waals surface area contributed by atoms with Gasteiger partial charge in [0.1, 0.15) is 17.1 Å². The standard InChI is InChI=1S/C22H19N3O3S/c1-28-18-10-6-5-9-16(18)12-23-20(26)13-25-14-24-21-17(22(25)27)11-19(29-21)15-7-3-2-4-8-15/h2-11,14H,12-13H2,1H3,(H,23,26). The molecule has 0 atom stereocenters. The van der Waals surface area contributed by atoms with Crippen LogP contribution in [0, 0.1) is 0 Å². The molecule has 2 aromatic carbocycles. The van der Waals surface area contributed by atoms with E-state index in [-0.39, 0.29) is 18.0 Å². The summed E-state index contributed by atoms with van der Waals surface area (Å²) >= 11 is 1.46. The molecule has 4 rings (SSSR count). The number of para-hydroxylation sites is 1. The zero-order chi connectivity index (χ0) is 20.2. The van der Waals surface area contributed by atoms with Crippen LogP contribution >= 0.6 is 11.3 Å². The second-order valence-corrected chi connectivity index (χ2v) is 7.49. The molecule has 0 radical (unpaired) electrons. The van der Waals surface area contributed by atoms with Gasteiger partial charge in [0.15, 0.2) is 0 Å². The molecule has 0 bridgehead atoms. The summed E-state index contributed by atoms with van der Waals surface area (Å²) in [6.07, 6.45) is 1.43. The van der Waals surface area contributed by atoms with Gasteiger partial charge in [0, 0.05) is 17.0 Å². The molecule has 2 aromatic heterocycles. The van der Waals surface area contributed by atoms with Crippen LogP contribution in [0.15, 0.2) is 71.8 Å². The Kier molecular flexibility index (Phi) is 5.39. The number of hydrogen-bond donors (Lipinski definition) is 1. The number of benzene rings is 2. The van der Waals surface area contributed by atoms with Crippen molar-refractivity contribution in [3.05, 3.63) is 82.9 Å². The summed E-state index contributed by atoms with van der Waals surface area (Å²) in [4.78, 5) is 31.2. The van der Waals surface area contributed by atoms with Crippen LogP contribution in [-0.2, 0) is 17.9 Å². The molecule has 0 spiro atoms. The maximum atomic E-state index is 12.8. The van der Waals surface area contributed by atoms with E-state index in [1.165, 1.54) is 22.2 Å². The van der Waals surface area contributed by atoms with Crippen molar-refractivity contribution in [2.24, 2.45) is 0 Å². The van der Waals surface area contributed by atoms with Gasteiger partial charge in [-0.1, -0.05) is 48.5 Å². The molecule has 0 saturated heterocycles. The number of carbonyl (C=O) groups is 1. The van der Waals surface area contributed by atoms with E-state index in [0.29, 0.717) is 22.5 Å². The Labute approximate surface area is 171 Å². The SMILES string of the molecule is COc1ccccc1CNC(=O)Cn1cnc2sc(-c3ccccc3)cc2c1=O. The van der Waals surface area contributed by atoms with Crippen LogP contribution in [0.25, 0.3) is 20.7 Å². The van der Waals surface area contributed by atoms with Gasteiger partial charge in [0.2, 0.25) is 5.91 Å². The average molecular weight is 405 g/mol. The van der Waals surface area contributed by atoms with E-state index in [1.54, 1.807) is 7.11 Å². The monoisotopic (exact) mass is 405 g/mol. The first kappa shape index (κ1) is 18.9.